The Kier molecular flexibility index (Phi) is 4.72. The minimum atomic E-state index is 0.542. The van der Waals surface area contributed by atoms with Gasteiger partial charge >= 0.3 is 0 Å². The van der Waals surface area contributed by atoms with E-state index in [2.05, 4.69) is 4.98 Å². The van der Waals surface area contributed by atoms with Gasteiger partial charge in [0.2, 0.25) is 0 Å². The third-order valence-corrected chi connectivity index (χ3v) is 3.83. The SMILES string of the molecule is Clc1cccc(CSCc2ccccc2Cl)n1. The predicted octanol–water partition coefficient (Wildman–Crippen LogP) is 4.82. The standard InChI is InChI=1S/C13H11Cl2NS/c14-12-6-2-1-4-10(12)8-17-9-11-5-3-7-13(15)16-11/h1-7H,8-9H2. The lowest BCUT2D eigenvalue weighted by Crippen LogP contribution is -1.88. The highest BCUT2D eigenvalue weighted by Crippen LogP contribution is 2.23. The molecule has 2 rings (SSSR count). The number of thioether (sulfide) groups is 1. The molecule has 0 saturated heterocycles. The van der Waals surface area contributed by atoms with Gasteiger partial charge in [0, 0.05) is 16.5 Å². The average molecular weight is 284 g/mol. The smallest absolute Gasteiger partial charge is 0.129 e. The van der Waals surface area contributed by atoms with E-state index < -0.39 is 0 Å². The van der Waals surface area contributed by atoms with Crippen molar-refractivity contribution in [3.63, 3.8) is 0 Å². The first-order valence-electron chi connectivity index (χ1n) is 5.18. The molecule has 0 spiro atoms. The third kappa shape index (κ3) is 3.91. The van der Waals surface area contributed by atoms with Crippen LogP contribution in [0, 0.1) is 0 Å². The van der Waals surface area contributed by atoms with E-state index in [0.29, 0.717) is 5.15 Å². The van der Waals surface area contributed by atoms with Crippen LogP contribution in [0.2, 0.25) is 10.2 Å². The molecule has 1 heterocycles. The van der Waals surface area contributed by atoms with Gasteiger partial charge < -0.3 is 0 Å². The lowest BCUT2D eigenvalue weighted by molar-refractivity contribution is 1.17. The van der Waals surface area contributed by atoms with Crippen molar-refractivity contribution in [2.75, 3.05) is 0 Å². The Morgan fingerprint density at radius 3 is 2.53 bits per heavy atom. The summed E-state index contributed by atoms with van der Waals surface area (Å²) in [6.07, 6.45) is 0. The van der Waals surface area contributed by atoms with Crippen molar-refractivity contribution in [1.29, 1.82) is 0 Å². The highest BCUT2D eigenvalue weighted by Gasteiger charge is 2.00. The Labute approximate surface area is 115 Å². The van der Waals surface area contributed by atoms with Gasteiger partial charge in [-0.15, -0.1) is 0 Å². The number of hydrogen-bond acceptors (Lipinski definition) is 2. The second-order valence-corrected chi connectivity index (χ2v) is 5.32. The Morgan fingerprint density at radius 1 is 0.941 bits per heavy atom. The molecule has 4 heteroatoms. The van der Waals surface area contributed by atoms with E-state index in [1.165, 1.54) is 0 Å². The minimum absolute atomic E-state index is 0.542. The first kappa shape index (κ1) is 12.7. The molecular weight excluding hydrogens is 273 g/mol. The van der Waals surface area contributed by atoms with Crippen LogP contribution >= 0.6 is 35.0 Å². The molecule has 0 aliphatic rings. The van der Waals surface area contributed by atoms with Crippen molar-refractivity contribution in [2.45, 2.75) is 11.5 Å². The second-order valence-electron chi connectivity index (χ2n) is 3.54. The molecule has 88 valence electrons. The van der Waals surface area contributed by atoms with E-state index in [-0.39, 0.29) is 0 Å². The number of rotatable bonds is 4. The maximum atomic E-state index is 6.08. The fourth-order valence-corrected chi connectivity index (χ4v) is 2.82. The molecule has 0 bridgehead atoms. The lowest BCUT2D eigenvalue weighted by atomic mass is 10.2. The number of nitrogens with zero attached hydrogens (tertiary/aromatic N) is 1. The highest BCUT2D eigenvalue weighted by atomic mass is 35.5. The summed E-state index contributed by atoms with van der Waals surface area (Å²) in [6, 6.07) is 13.6. The first-order valence-corrected chi connectivity index (χ1v) is 7.09. The van der Waals surface area contributed by atoms with Gasteiger partial charge in [-0.05, 0) is 23.8 Å². The zero-order valence-electron chi connectivity index (χ0n) is 9.07. The van der Waals surface area contributed by atoms with E-state index in [1.807, 2.05) is 36.4 Å². The van der Waals surface area contributed by atoms with Crippen molar-refractivity contribution >= 4 is 35.0 Å². The van der Waals surface area contributed by atoms with Crippen molar-refractivity contribution < 1.29 is 0 Å². The van der Waals surface area contributed by atoms with Crippen LogP contribution in [0.5, 0.6) is 0 Å². The van der Waals surface area contributed by atoms with Crippen LogP contribution in [0.4, 0.5) is 0 Å². The molecule has 0 aliphatic carbocycles. The van der Waals surface area contributed by atoms with Gasteiger partial charge in [-0.25, -0.2) is 4.98 Å². The largest absolute Gasteiger partial charge is 0.240 e. The molecule has 0 saturated carbocycles. The molecule has 2 aromatic rings. The molecule has 0 radical (unpaired) electrons. The van der Waals surface area contributed by atoms with Gasteiger partial charge in [0.05, 0.1) is 5.69 Å². The first-order chi connectivity index (χ1) is 8.25. The quantitative estimate of drug-likeness (QED) is 0.746. The van der Waals surface area contributed by atoms with Crippen LogP contribution in [0.15, 0.2) is 42.5 Å². The molecule has 0 N–H and O–H groups in total. The van der Waals surface area contributed by atoms with Crippen LogP contribution in [-0.4, -0.2) is 4.98 Å². The van der Waals surface area contributed by atoms with Crippen LogP contribution in [0.1, 0.15) is 11.3 Å². The van der Waals surface area contributed by atoms with Gasteiger partial charge in [-0.1, -0.05) is 47.5 Å². The van der Waals surface area contributed by atoms with E-state index >= 15 is 0 Å². The summed E-state index contributed by atoms with van der Waals surface area (Å²) in [6.45, 7) is 0. The molecule has 1 aromatic heterocycles. The number of benzene rings is 1. The number of aromatic nitrogens is 1. The molecular formula is C13H11Cl2NS. The van der Waals surface area contributed by atoms with E-state index in [9.17, 15) is 0 Å². The van der Waals surface area contributed by atoms with Crippen molar-refractivity contribution in [2.24, 2.45) is 0 Å². The molecule has 0 unspecified atom stereocenters. The van der Waals surface area contributed by atoms with Gasteiger partial charge in [0.25, 0.3) is 0 Å². The van der Waals surface area contributed by atoms with Crippen LogP contribution in [-0.2, 0) is 11.5 Å². The van der Waals surface area contributed by atoms with Gasteiger partial charge in [-0.2, -0.15) is 11.8 Å². The molecule has 0 atom stereocenters. The van der Waals surface area contributed by atoms with Crippen molar-refractivity contribution in [3.05, 3.63) is 63.9 Å². The van der Waals surface area contributed by atoms with Gasteiger partial charge in [0.1, 0.15) is 5.15 Å². The summed E-state index contributed by atoms with van der Waals surface area (Å²) in [4.78, 5) is 4.24. The molecule has 1 nitrogen and oxygen atoms in total. The Morgan fingerprint density at radius 2 is 1.76 bits per heavy atom. The zero-order chi connectivity index (χ0) is 12.1. The van der Waals surface area contributed by atoms with E-state index in [4.69, 9.17) is 23.2 Å². The molecule has 1 aromatic carbocycles. The maximum absolute atomic E-state index is 6.08. The monoisotopic (exact) mass is 283 g/mol. The van der Waals surface area contributed by atoms with E-state index in [0.717, 1.165) is 27.8 Å². The Bertz CT molecular complexity index is 502. The van der Waals surface area contributed by atoms with Crippen LogP contribution in [0.25, 0.3) is 0 Å². The molecule has 0 amide bonds. The normalized spacial score (nSPS) is 10.5. The summed E-state index contributed by atoms with van der Waals surface area (Å²) in [7, 11) is 0. The Hall–Kier alpha value is -0.700. The van der Waals surface area contributed by atoms with Crippen molar-refractivity contribution in [1.82, 2.24) is 4.98 Å². The maximum Gasteiger partial charge on any atom is 0.129 e. The third-order valence-electron chi connectivity index (χ3n) is 2.24. The zero-order valence-corrected chi connectivity index (χ0v) is 11.4. The number of halogens is 2. The Balaban J connectivity index is 1.90. The highest BCUT2D eigenvalue weighted by molar-refractivity contribution is 7.97. The topological polar surface area (TPSA) is 12.9 Å². The second kappa shape index (κ2) is 6.29. The van der Waals surface area contributed by atoms with Gasteiger partial charge in [-0.3, -0.25) is 0 Å². The average Bonchev–Trinajstić information content (AvgIpc) is 2.32. The summed E-state index contributed by atoms with van der Waals surface area (Å²) >= 11 is 13.7. The fraction of sp³-hybridized carbons (Fsp3) is 0.154. The molecule has 17 heavy (non-hydrogen) atoms. The summed E-state index contributed by atoms with van der Waals surface area (Å²) in [5, 5.41) is 1.36. The van der Waals surface area contributed by atoms with Crippen LogP contribution < -0.4 is 0 Å². The fourth-order valence-electron chi connectivity index (χ4n) is 1.41. The molecule has 0 aliphatic heterocycles. The molecule has 0 fully saturated rings. The summed E-state index contributed by atoms with van der Waals surface area (Å²) in [5.74, 6) is 1.72. The van der Waals surface area contributed by atoms with E-state index in [1.54, 1.807) is 17.8 Å². The van der Waals surface area contributed by atoms with Gasteiger partial charge in [0.15, 0.2) is 0 Å². The summed E-state index contributed by atoms with van der Waals surface area (Å²) in [5.41, 5.74) is 2.15. The minimum Gasteiger partial charge on any atom is -0.240 e. The van der Waals surface area contributed by atoms with Crippen LogP contribution in [0.3, 0.4) is 0 Å². The lowest BCUT2D eigenvalue weighted by Gasteiger charge is -2.04. The number of pyridine rings is 1. The summed E-state index contributed by atoms with van der Waals surface area (Å²) < 4.78 is 0. The predicted molar refractivity (Wildman–Crippen MR) is 75.7 cm³/mol. The van der Waals surface area contributed by atoms with Crippen molar-refractivity contribution in [3.8, 4) is 0 Å². The number of hydrogen-bond donors (Lipinski definition) is 0.